The van der Waals surface area contributed by atoms with Gasteiger partial charge in [0.1, 0.15) is 0 Å². The second-order valence-electron chi connectivity index (χ2n) is 4.03. The SMILES string of the molecule is Nc1nnc(CCC2CCCCN2)n1N. The van der Waals surface area contributed by atoms with E-state index in [2.05, 4.69) is 15.5 Å². The van der Waals surface area contributed by atoms with E-state index in [1.807, 2.05) is 0 Å². The maximum absolute atomic E-state index is 5.66. The highest BCUT2D eigenvalue weighted by Gasteiger charge is 2.14. The van der Waals surface area contributed by atoms with Crippen molar-refractivity contribution in [1.82, 2.24) is 20.2 Å². The molecule has 6 heteroatoms. The summed E-state index contributed by atoms with van der Waals surface area (Å²) in [7, 11) is 0. The molecule has 1 aromatic heterocycles. The number of hydrogen-bond acceptors (Lipinski definition) is 5. The molecule has 6 nitrogen and oxygen atoms in total. The van der Waals surface area contributed by atoms with Crippen LogP contribution in [-0.4, -0.2) is 27.5 Å². The van der Waals surface area contributed by atoms with Crippen molar-refractivity contribution in [1.29, 1.82) is 0 Å². The van der Waals surface area contributed by atoms with Crippen LogP contribution in [-0.2, 0) is 6.42 Å². The van der Waals surface area contributed by atoms with E-state index in [0.29, 0.717) is 6.04 Å². The van der Waals surface area contributed by atoms with Gasteiger partial charge in [-0.15, -0.1) is 10.2 Å². The van der Waals surface area contributed by atoms with Gasteiger partial charge in [-0.05, 0) is 25.8 Å². The Balaban J connectivity index is 1.84. The molecule has 0 amide bonds. The van der Waals surface area contributed by atoms with Gasteiger partial charge < -0.3 is 16.9 Å². The van der Waals surface area contributed by atoms with Crippen molar-refractivity contribution >= 4 is 5.95 Å². The minimum atomic E-state index is 0.279. The topological polar surface area (TPSA) is 94.8 Å². The molecule has 1 unspecified atom stereocenters. The highest BCUT2D eigenvalue weighted by atomic mass is 15.4. The zero-order chi connectivity index (χ0) is 10.7. The average molecular weight is 210 g/mol. The summed E-state index contributed by atoms with van der Waals surface area (Å²) in [6.45, 7) is 1.13. The standard InChI is InChI=1S/C9H18N6/c10-9-14-13-8(15(9)11)5-4-7-3-1-2-6-12-7/h7,12H,1-6,11H2,(H2,10,14). The zero-order valence-corrected chi connectivity index (χ0v) is 8.82. The average Bonchev–Trinajstić information content (AvgIpc) is 2.59. The van der Waals surface area contributed by atoms with Crippen LogP contribution in [0, 0.1) is 0 Å². The molecule has 84 valence electrons. The Morgan fingerprint density at radius 1 is 1.40 bits per heavy atom. The molecule has 1 saturated heterocycles. The summed E-state index contributed by atoms with van der Waals surface area (Å²) in [4.78, 5) is 0. The molecule has 1 aromatic rings. The van der Waals surface area contributed by atoms with Gasteiger partial charge in [0.15, 0.2) is 5.82 Å². The predicted octanol–water partition coefficient (Wildman–Crippen LogP) is -0.351. The molecule has 1 fully saturated rings. The van der Waals surface area contributed by atoms with Gasteiger partial charge >= 0.3 is 0 Å². The van der Waals surface area contributed by atoms with Crippen LogP contribution in [0.3, 0.4) is 0 Å². The lowest BCUT2D eigenvalue weighted by molar-refractivity contribution is 0.380. The fourth-order valence-corrected chi connectivity index (χ4v) is 1.98. The first-order valence-electron chi connectivity index (χ1n) is 5.45. The van der Waals surface area contributed by atoms with E-state index in [9.17, 15) is 0 Å². The summed E-state index contributed by atoms with van der Waals surface area (Å²) in [5.41, 5.74) is 5.50. The normalized spacial score (nSPS) is 21.7. The molecular formula is C9H18N6. The molecule has 0 spiro atoms. The van der Waals surface area contributed by atoms with Crippen LogP contribution >= 0.6 is 0 Å². The number of nitrogens with one attached hydrogen (secondary N) is 1. The zero-order valence-electron chi connectivity index (χ0n) is 8.82. The molecule has 2 rings (SSSR count). The molecule has 5 N–H and O–H groups in total. The predicted molar refractivity (Wildman–Crippen MR) is 58.5 cm³/mol. The van der Waals surface area contributed by atoms with Crippen molar-refractivity contribution in [2.75, 3.05) is 18.1 Å². The first-order valence-corrected chi connectivity index (χ1v) is 5.45. The highest BCUT2D eigenvalue weighted by molar-refractivity contribution is 5.17. The molecule has 0 saturated carbocycles. The van der Waals surface area contributed by atoms with Gasteiger partial charge in [0.25, 0.3) is 0 Å². The summed E-state index contributed by atoms with van der Waals surface area (Å²) in [6, 6.07) is 0.594. The minimum Gasteiger partial charge on any atom is -0.366 e. The van der Waals surface area contributed by atoms with Crippen molar-refractivity contribution in [3.8, 4) is 0 Å². The van der Waals surface area contributed by atoms with Crippen molar-refractivity contribution < 1.29 is 0 Å². The maximum Gasteiger partial charge on any atom is 0.240 e. The van der Waals surface area contributed by atoms with E-state index in [1.54, 1.807) is 0 Å². The van der Waals surface area contributed by atoms with Gasteiger partial charge in [-0.25, -0.2) is 4.68 Å². The Hall–Kier alpha value is -1.30. The third kappa shape index (κ3) is 2.38. The molecule has 0 radical (unpaired) electrons. The number of nitrogens with two attached hydrogens (primary N) is 2. The molecule has 1 aliphatic heterocycles. The summed E-state index contributed by atoms with van der Waals surface area (Å²) in [5, 5.41) is 11.1. The summed E-state index contributed by atoms with van der Waals surface area (Å²) >= 11 is 0. The number of hydrogen-bond donors (Lipinski definition) is 3. The van der Waals surface area contributed by atoms with E-state index in [1.165, 1.54) is 23.9 Å². The first kappa shape index (κ1) is 10.2. The van der Waals surface area contributed by atoms with Crippen LogP contribution in [0.5, 0.6) is 0 Å². The van der Waals surface area contributed by atoms with Gasteiger partial charge in [-0.2, -0.15) is 0 Å². The van der Waals surface area contributed by atoms with E-state index in [0.717, 1.165) is 25.2 Å². The molecule has 1 atom stereocenters. The van der Waals surface area contributed by atoms with E-state index in [-0.39, 0.29) is 5.95 Å². The fourth-order valence-electron chi connectivity index (χ4n) is 1.98. The molecular weight excluding hydrogens is 192 g/mol. The van der Waals surface area contributed by atoms with Crippen LogP contribution in [0.1, 0.15) is 31.5 Å². The number of nitrogen functional groups attached to an aromatic ring is 2. The summed E-state index contributed by atoms with van der Waals surface area (Å²) < 4.78 is 1.36. The van der Waals surface area contributed by atoms with Crippen LogP contribution < -0.4 is 16.9 Å². The van der Waals surface area contributed by atoms with Crippen molar-refractivity contribution in [2.24, 2.45) is 0 Å². The number of nitrogens with zero attached hydrogens (tertiary/aromatic N) is 3. The Bertz CT molecular complexity index is 314. The second kappa shape index (κ2) is 4.48. The number of aromatic nitrogens is 3. The molecule has 0 aromatic carbocycles. The number of rotatable bonds is 3. The molecule has 1 aliphatic rings. The molecule has 2 heterocycles. The Morgan fingerprint density at radius 3 is 2.87 bits per heavy atom. The lowest BCUT2D eigenvalue weighted by Crippen LogP contribution is -2.34. The smallest absolute Gasteiger partial charge is 0.240 e. The van der Waals surface area contributed by atoms with Gasteiger partial charge in [-0.3, -0.25) is 0 Å². The number of piperidine rings is 1. The molecule has 15 heavy (non-hydrogen) atoms. The minimum absolute atomic E-state index is 0.279. The lowest BCUT2D eigenvalue weighted by Gasteiger charge is -2.22. The van der Waals surface area contributed by atoms with Gasteiger partial charge in [0, 0.05) is 12.5 Å². The summed E-state index contributed by atoms with van der Waals surface area (Å²) in [6.07, 6.45) is 5.73. The largest absolute Gasteiger partial charge is 0.366 e. The van der Waals surface area contributed by atoms with Crippen LogP contribution in [0.15, 0.2) is 0 Å². The first-order chi connectivity index (χ1) is 7.27. The lowest BCUT2D eigenvalue weighted by atomic mass is 10.0. The quantitative estimate of drug-likeness (QED) is 0.593. The third-order valence-electron chi connectivity index (χ3n) is 2.92. The number of anilines is 1. The third-order valence-corrected chi connectivity index (χ3v) is 2.92. The van der Waals surface area contributed by atoms with Crippen molar-refractivity contribution in [2.45, 2.75) is 38.1 Å². The summed E-state index contributed by atoms with van der Waals surface area (Å²) in [5.74, 6) is 6.71. The Labute approximate surface area is 89.0 Å². The highest BCUT2D eigenvalue weighted by Crippen LogP contribution is 2.12. The molecule has 0 bridgehead atoms. The second-order valence-corrected chi connectivity index (χ2v) is 4.03. The van der Waals surface area contributed by atoms with Crippen LogP contribution in [0.25, 0.3) is 0 Å². The molecule has 0 aliphatic carbocycles. The van der Waals surface area contributed by atoms with E-state index >= 15 is 0 Å². The Kier molecular flexibility index (Phi) is 3.05. The van der Waals surface area contributed by atoms with Crippen LogP contribution in [0.4, 0.5) is 5.95 Å². The van der Waals surface area contributed by atoms with E-state index in [4.69, 9.17) is 11.6 Å². The number of aryl methyl sites for hydroxylation is 1. The Morgan fingerprint density at radius 2 is 2.27 bits per heavy atom. The maximum atomic E-state index is 5.66. The fraction of sp³-hybridized carbons (Fsp3) is 0.778. The van der Waals surface area contributed by atoms with Gasteiger partial charge in [-0.1, -0.05) is 6.42 Å². The van der Waals surface area contributed by atoms with Crippen molar-refractivity contribution in [3.63, 3.8) is 0 Å². The van der Waals surface area contributed by atoms with Crippen LogP contribution in [0.2, 0.25) is 0 Å². The van der Waals surface area contributed by atoms with Crippen molar-refractivity contribution in [3.05, 3.63) is 5.82 Å². The van der Waals surface area contributed by atoms with Gasteiger partial charge in [0.05, 0.1) is 0 Å². The van der Waals surface area contributed by atoms with Gasteiger partial charge in [0.2, 0.25) is 5.95 Å². The monoisotopic (exact) mass is 210 g/mol. The van der Waals surface area contributed by atoms with E-state index < -0.39 is 0 Å².